The van der Waals surface area contributed by atoms with Gasteiger partial charge in [-0.05, 0) is 55.3 Å². The second kappa shape index (κ2) is 5.53. The van der Waals surface area contributed by atoms with E-state index in [0.29, 0.717) is 18.1 Å². The third kappa shape index (κ3) is 2.43. The van der Waals surface area contributed by atoms with E-state index >= 15 is 0 Å². The van der Waals surface area contributed by atoms with E-state index in [4.69, 9.17) is 4.74 Å². The number of hydrogen-bond acceptors (Lipinski definition) is 4. The van der Waals surface area contributed by atoms with Crippen molar-refractivity contribution < 1.29 is 9.84 Å². The number of hydrogen-bond donors (Lipinski definition) is 1. The molecule has 0 aromatic carbocycles. The first-order valence-electron chi connectivity index (χ1n) is 9.48. The van der Waals surface area contributed by atoms with Gasteiger partial charge in [0.05, 0.1) is 25.4 Å². The van der Waals surface area contributed by atoms with Crippen LogP contribution >= 0.6 is 0 Å². The molecule has 3 saturated carbocycles. The summed E-state index contributed by atoms with van der Waals surface area (Å²) in [4.78, 5) is 4.00. The van der Waals surface area contributed by atoms with Crippen molar-refractivity contribution in [1.29, 1.82) is 0 Å². The molecule has 0 aliphatic heterocycles. The number of aromatic nitrogens is 3. The van der Waals surface area contributed by atoms with Crippen LogP contribution in [0.25, 0.3) is 0 Å². The van der Waals surface area contributed by atoms with Crippen LogP contribution in [0.5, 0.6) is 0 Å². The van der Waals surface area contributed by atoms with Crippen LogP contribution in [0.3, 0.4) is 0 Å². The first-order chi connectivity index (χ1) is 11.4. The SMILES string of the molecule is CC1(C)C[C@H](OCCn2cncn2)[C@]23CC[C@@H](O)[C@@](C)(CC[C@@H]12)C3. The highest BCUT2D eigenvalue weighted by molar-refractivity contribution is 5.14. The van der Waals surface area contributed by atoms with E-state index in [1.807, 2.05) is 4.68 Å². The molecule has 1 aromatic rings. The Morgan fingerprint density at radius 3 is 2.83 bits per heavy atom. The van der Waals surface area contributed by atoms with E-state index in [-0.39, 0.29) is 16.9 Å². The Labute approximate surface area is 144 Å². The van der Waals surface area contributed by atoms with Crippen molar-refractivity contribution in [2.45, 2.75) is 78.0 Å². The Bertz CT molecular complexity index is 587. The molecule has 3 aliphatic carbocycles. The Morgan fingerprint density at radius 2 is 2.08 bits per heavy atom. The minimum Gasteiger partial charge on any atom is -0.393 e. The highest BCUT2D eigenvalue weighted by Gasteiger charge is 2.65. The number of fused-ring (bicyclic) bond motifs is 1. The van der Waals surface area contributed by atoms with Crippen LogP contribution in [0, 0.1) is 22.2 Å². The van der Waals surface area contributed by atoms with E-state index in [0.717, 1.165) is 44.6 Å². The second-order valence-corrected chi connectivity index (χ2v) is 9.42. The van der Waals surface area contributed by atoms with Gasteiger partial charge in [-0.3, -0.25) is 4.68 Å². The number of ether oxygens (including phenoxy) is 1. The molecule has 5 atom stereocenters. The lowest BCUT2D eigenvalue weighted by atomic mass is 9.49. The van der Waals surface area contributed by atoms with E-state index in [1.165, 1.54) is 6.42 Å². The summed E-state index contributed by atoms with van der Waals surface area (Å²) in [5.74, 6) is 0.724. The maximum absolute atomic E-state index is 10.6. The average Bonchev–Trinajstić information content (AvgIpc) is 3.09. The Hall–Kier alpha value is -0.940. The predicted molar refractivity (Wildman–Crippen MR) is 91.3 cm³/mol. The molecule has 4 rings (SSSR count). The normalized spacial score (nSPS) is 43.6. The van der Waals surface area contributed by atoms with Gasteiger partial charge in [-0.25, -0.2) is 4.98 Å². The van der Waals surface area contributed by atoms with Gasteiger partial charge in [0.25, 0.3) is 0 Å². The zero-order chi connectivity index (χ0) is 17.0. The Kier molecular flexibility index (Phi) is 3.81. The van der Waals surface area contributed by atoms with Crippen LogP contribution in [0.1, 0.15) is 59.3 Å². The maximum Gasteiger partial charge on any atom is 0.137 e. The first-order valence-corrected chi connectivity index (χ1v) is 9.48. The van der Waals surface area contributed by atoms with Crippen LogP contribution in [0.4, 0.5) is 0 Å². The molecule has 0 radical (unpaired) electrons. The lowest BCUT2D eigenvalue weighted by molar-refractivity contribution is -0.156. The number of aliphatic hydroxyl groups excluding tert-OH is 1. The average molecular weight is 333 g/mol. The van der Waals surface area contributed by atoms with Gasteiger partial charge in [-0.15, -0.1) is 0 Å². The molecule has 5 heteroatoms. The molecule has 0 unspecified atom stereocenters. The topological polar surface area (TPSA) is 60.2 Å². The van der Waals surface area contributed by atoms with Crippen LogP contribution in [0.15, 0.2) is 12.7 Å². The molecule has 3 fully saturated rings. The minimum atomic E-state index is -0.136. The van der Waals surface area contributed by atoms with Crippen LogP contribution in [-0.2, 0) is 11.3 Å². The zero-order valence-corrected chi connectivity index (χ0v) is 15.2. The molecule has 24 heavy (non-hydrogen) atoms. The molecular formula is C19H31N3O2. The van der Waals surface area contributed by atoms with E-state index in [2.05, 4.69) is 30.9 Å². The van der Waals surface area contributed by atoms with Crippen molar-refractivity contribution in [2.24, 2.45) is 22.2 Å². The first kappa shape index (κ1) is 16.5. The molecule has 3 aliphatic rings. The fourth-order valence-electron chi connectivity index (χ4n) is 6.38. The maximum atomic E-state index is 10.6. The lowest BCUT2D eigenvalue weighted by Gasteiger charge is -2.58. The quantitative estimate of drug-likeness (QED) is 0.920. The summed E-state index contributed by atoms with van der Waals surface area (Å²) < 4.78 is 8.31. The number of rotatable bonds is 4. The van der Waals surface area contributed by atoms with Gasteiger partial charge in [0.15, 0.2) is 0 Å². The van der Waals surface area contributed by atoms with Gasteiger partial charge in [0.2, 0.25) is 0 Å². The largest absolute Gasteiger partial charge is 0.393 e. The molecule has 134 valence electrons. The van der Waals surface area contributed by atoms with Crippen LogP contribution in [0.2, 0.25) is 0 Å². The smallest absolute Gasteiger partial charge is 0.137 e. The molecule has 1 spiro atoms. The molecule has 5 nitrogen and oxygen atoms in total. The van der Waals surface area contributed by atoms with Crippen LogP contribution < -0.4 is 0 Å². The Balaban J connectivity index is 1.53. The molecule has 2 bridgehead atoms. The van der Waals surface area contributed by atoms with Crippen molar-refractivity contribution in [3.63, 3.8) is 0 Å². The lowest BCUT2D eigenvalue weighted by Crippen LogP contribution is -2.54. The Morgan fingerprint density at radius 1 is 1.25 bits per heavy atom. The molecule has 1 N–H and O–H groups in total. The second-order valence-electron chi connectivity index (χ2n) is 9.42. The van der Waals surface area contributed by atoms with Crippen molar-refractivity contribution in [1.82, 2.24) is 14.8 Å². The summed E-state index contributed by atoms with van der Waals surface area (Å²) in [6, 6.07) is 0. The third-order valence-electron chi connectivity index (χ3n) is 7.52. The van der Waals surface area contributed by atoms with Crippen molar-refractivity contribution >= 4 is 0 Å². The van der Waals surface area contributed by atoms with Crippen LogP contribution in [-0.4, -0.2) is 38.7 Å². The number of aliphatic hydroxyl groups is 1. The molecule has 0 saturated heterocycles. The predicted octanol–water partition coefficient (Wildman–Crippen LogP) is 3.04. The standard InChI is InChI=1S/C19H31N3O2/c1-17(2)10-16(24-9-8-22-13-20-12-21-22)19-7-5-15(23)18(3,11-19)6-4-14(17)19/h12-16,23H,4-11H2,1-3H3/t14-,15+,16-,18-,19-/m0/s1. The summed E-state index contributed by atoms with van der Waals surface area (Å²) in [7, 11) is 0. The summed E-state index contributed by atoms with van der Waals surface area (Å²) in [6.45, 7) is 8.60. The summed E-state index contributed by atoms with van der Waals surface area (Å²) >= 11 is 0. The molecule has 1 heterocycles. The van der Waals surface area contributed by atoms with E-state index < -0.39 is 0 Å². The molecule has 0 amide bonds. The highest BCUT2D eigenvalue weighted by atomic mass is 16.5. The van der Waals surface area contributed by atoms with Crippen molar-refractivity contribution in [2.75, 3.05) is 6.61 Å². The fourth-order valence-corrected chi connectivity index (χ4v) is 6.38. The van der Waals surface area contributed by atoms with Gasteiger partial charge in [-0.2, -0.15) is 5.10 Å². The summed E-state index contributed by atoms with van der Waals surface area (Å²) in [5.41, 5.74) is 0.683. The minimum absolute atomic E-state index is 0.0860. The third-order valence-corrected chi connectivity index (χ3v) is 7.52. The summed E-state index contributed by atoms with van der Waals surface area (Å²) in [5, 5.41) is 14.7. The van der Waals surface area contributed by atoms with Crippen molar-refractivity contribution in [3.8, 4) is 0 Å². The molecule has 1 aromatic heterocycles. The monoisotopic (exact) mass is 333 g/mol. The van der Waals surface area contributed by atoms with E-state index in [1.54, 1.807) is 12.7 Å². The van der Waals surface area contributed by atoms with Gasteiger partial charge in [0, 0.05) is 5.41 Å². The fraction of sp³-hybridized carbons (Fsp3) is 0.895. The van der Waals surface area contributed by atoms with Gasteiger partial charge in [-0.1, -0.05) is 20.8 Å². The highest BCUT2D eigenvalue weighted by Crippen LogP contribution is 2.69. The van der Waals surface area contributed by atoms with Gasteiger partial charge >= 0.3 is 0 Å². The summed E-state index contributed by atoms with van der Waals surface area (Å²) in [6.07, 6.45) is 10.2. The van der Waals surface area contributed by atoms with Crippen molar-refractivity contribution in [3.05, 3.63) is 12.7 Å². The van der Waals surface area contributed by atoms with Gasteiger partial charge < -0.3 is 9.84 Å². The van der Waals surface area contributed by atoms with E-state index in [9.17, 15) is 5.11 Å². The zero-order valence-electron chi connectivity index (χ0n) is 15.2. The molecular weight excluding hydrogens is 302 g/mol. The number of nitrogens with zero attached hydrogens (tertiary/aromatic N) is 3. The van der Waals surface area contributed by atoms with Gasteiger partial charge in [0.1, 0.15) is 12.7 Å².